The van der Waals surface area contributed by atoms with Crippen LogP contribution in [0.4, 0.5) is 0 Å². The highest BCUT2D eigenvalue weighted by molar-refractivity contribution is 7.80. The van der Waals surface area contributed by atoms with Gasteiger partial charge in [0.2, 0.25) is 17.7 Å². The zero-order valence-electron chi connectivity index (χ0n) is 23.0. The number of aromatic nitrogens is 1. The first-order valence-electron chi connectivity index (χ1n) is 13.9. The minimum atomic E-state index is -0.117. The van der Waals surface area contributed by atoms with Crippen LogP contribution in [-0.2, 0) is 20.8 Å². The first kappa shape index (κ1) is 31.6. The molecule has 8 nitrogen and oxygen atoms in total. The predicted molar refractivity (Wildman–Crippen MR) is 169 cm³/mol. The van der Waals surface area contributed by atoms with E-state index in [-0.39, 0.29) is 30.8 Å². The Kier molecular flexibility index (Phi) is 14.0. The number of fused-ring (bicyclic) bond motifs is 1. The highest BCUT2D eigenvalue weighted by Crippen LogP contribution is 2.30. The van der Waals surface area contributed by atoms with E-state index in [9.17, 15) is 14.4 Å². The van der Waals surface area contributed by atoms with Gasteiger partial charge in [-0.05, 0) is 30.0 Å². The lowest BCUT2D eigenvalue weighted by molar-refractivity contribution is -0.125. The minimum absolute atomic E-state index is 0.0132. The van der Waals surface area contributed by atoms with Crippen molar-refractivity contribution in [3.8, 4) is 11.3 Å². The summed E-state index contributed by atoms with van der Waals surface area (Å²) in [5.74, 6) is 0.946. The van der Waals surface area contributed by atoms with Crippen molar-refractivity contribution in [1.29, 1.82) is 0 Å². The molecule has 3 rings (SSSR count). The van der Waals surface area contributed by atoms with Crippen molar-refractivity contribution in [3.05, 3.63) is 60.2 Å². The molecule has 0 unspecified atom stereocenters. The number of rotatable bonds is 18. The van der Waals surface area contributed by atoms with Gasteiger partial charge in [0, 0.05) is 48.6 Å². The zero-order valence-corrected chi connectivity index (χ0v) is 24.7. The van der Waals surface area contributed by atoms with Crippen molar-refractivity contribution in [2.75, 3.05) is 50.8 Å². The Labute approximate surface area is 247 Å². The van der Waals surface area contributed by atoms with Crippen molar-refractivity contribution >= 4 is 53.9 Å². The number of amides is 3. The van der Waals surface area contributed by atoms with Crippen LogP contribution >= 0.6 is 25.3 Å². The summed E-state index contributed by atoms with van der Waals surface area (Å²) >= 11 is 8.31. The zero-order chi connectivity index (χ0) is 28.6. The first-order valence-corrected chi connectivity index (χ1v) is 15.2. The molecule has 0 bridgehead atoms. The topological polar surface area (TPSA) is 106 Å². The molecule has 1 heterocycles. The van der Waals surface area contributed by atoms with E-state index in [1.54, 1.807) is 4.90 Å². The van der Waals surface area contributed by atoms with Gasteiger partial charge in [-0.25, -0.2) is 0 Å². The second-order valence-corrected chi connectivity index (χ2v) is 10.6. The molecule has 0 atom stereocenters. The van der Waals surface area contributed by atoms with Crippen LogP contribution in [0.3, 0.4) is 0 Å². The molecule has 2 aromatic carbocycles. The number of nitrogens with one attached hydrogen (secondary N) is 4. The third-order valence-electron chi connectivity index (χ3n) is 6.55. The van der Waals surface area contributed by atoms with Crippen molar-refractivity contribution in [2.24, 2.45) is 0 Å². The molecule has 1 aromatic heterocycles. The Hall–Kier alpha value is -2.95. The predicted octanol–water partition coefficient (Wildman–Crippen LogP) is 3.45. The summed E-state index contributed by atoms with van der Waals surface area (Å²) in [6.45, 7) is 2.62. The van der Waals surface area contributed by atoms with Crippen LogP contribution < -0.4 is 16.0 Å². The van der Waals surface area contributed by atoms with E-state index >= 15 is 0 Å². The maximum Gasteiger partial charge on any atom is 0.234 e. The maximum absolute atomic E-state index is 12.8. The minimum Gasteiger partial charge on any atom is -0.356 e. The molecule has 0 radical (unpaired) electrons. The fraction of sp³-hybridized carbons (Fsp3) is 0.433. The van der Waals surface area contributed by atoms with Gasteiger partial charge in [-0.3, -0.25) is 19.3 Å². The van der Waals surface area contributed by atoms with Crippen LogP contribution in [0.5, 0.6) is 0 Å². The van der Waals surface area contributed by atoms with Crippen LogP contribution in [0.1, 0.15) is 31.2 Å². The Bertz CT molecular complexity index is 1220. The molecule has 216 valence electrons. The molecule has 3 amide bonds. The summed E-state index contributed by atoms with van der Waals surface area (Å²) in [5.41, 5.74) is 4.10. The molecule has 3 aromatic rings. The average molecular weight is 584 g/mol. The van der Waals surface area contributed by atoms with Crippen LogP contribution in [0.15, 0.2) is 54.6 Å². The number of unbranched alkanes of at least 4 members (excludes halogenated alkanes) is 3. The number of carbonyl (C=O) groups is 3. The van der Waals surface area contributed by atoms with E-state index in [0.29, 0.717) is 44.1 Å². The molecule has 0 aliphatic carbocycles. The fourth-order valence-corrected chi connectivity index (χ4v) is 4.98. The van der Waals surface area contributed by atoms with Crippen molar-refractivity contribution in [3.63, 3.8) is 0 Å². The standard InChI is InChI=1S/C30H41N5O3S2/c36-27(20-25-24-12-6-7-13-26(24)34-30(25)23-10-4-3-5-11-23)31-14-8-1-2-9-15-32-28(37)21-35(17-19-40)22-29(38)33-16-18-39/h3-7,10-13,34,39-40H,1-2,8-9,14-22H2,(H,31,36)(H,32,37)(H,33,38). The number of carbonyl (C=O) groups excluding carboxylic acids is 3. The van der Waals surface area contributed by atoms with Gasteiger partial charge in [0.25, 0.3) is 0 Å². The van der Waals surface area contributed by atoms with E-state index in [0.717, 1.165) is 53.4 Å². The number of aromatic amines is 1. The quantitative estimate of drug-likeness (QED) is 0.102. The summed E-state index contributed by atoms with van der Waals surface area (Å²) < 4.78 is 0. The molecule has 0 fully saturated rings. The van der Waals surface area contributed by atoms with Gasteiger partial charge in [0.1, 0.15) is 0 Å². The summed E-state index contributed by atoms with van der Waals surface area (Å²) in [6, 6.07) is 18.2. The number of H-pyrrole nitrogens is 1. The lowest BCUT2D eigenvalue weighted by Gasteiger charge is -2.20. The Morgan fingerprint density at radius 1 is 0.700 bits per heavy atom. The van der Waals surface area contributed by atoms with E-state index < -0.39 is 0 Å². The van der Waals surface area contributed by atoms with Crippen molar-refractivity contribution in [2.45, 2.75) is 32.1 Å². The Morgan fingerprint density at radius 3 is 1.95 bits per heavy atom. The number of thiol groups is 2. The lowest BCUT2D eigenvalue weighted by Crippen LogP contribution is -2.44. The van der Waals surface area contributed by atoms with Crippen LogP contribution in [-0.4, -0.2) is 78.4 Å². The van der Waals surface area contributed by atoms with Crippen LogP contribution in [0.2, 0.25) is 0 Å². The largest absolute Gasteiger partial charge is 0.356 e. The molecule has 0 aliphatic heterocycles. The molecule has 10 heteroatoms. The van der Waals surface area contributed by atoms with Gasteiger partial charge in [-0.15, -0.1) is 0 Å². The van der Waals surface area contributed by atoms with Gasteiger partial charge in [0.05, 0.1) is 25.2 Å². The summed E-state index contributed by atoms with van der Waals surface area (Å²) in [6.07, 6.45) is 4.00. The number of benzene rings is 2. The third-order valence-corrected chi connectivity index (χ3v) is 6.97. The van der Waals surface area contributed by atoms with Crippen LogP contribution in [0, 0.1) is 0 Å². The van der Waals surface area contributed by atoms with Gasteiger partial charge in [0.15, 0.2) is 0 Å². The van der Waals surface area contributed by atoms with Crippen molar-refractivity contribution in [1.82, 2.24) is 25.8 Å². The summed E-state index contributed by atoms with van der Waals surface area (Å²) in [5, 5.41) is 9.83. The Balaban J connectivity index is 1.33. The summed E-state index contributed by atoms with van der Waals surface area (Å²) in [4.78, 5) is 42.3. The first-order chi connectivity index (χ1) is 19.5. The van der Waals surface area contributed by atoms with E-state index in [4.69, 9.17) is 0 Å². The highest BCUT2D eigenvalue weighted by atomic mass is 32.1. The molecule has 0 aliphatic rings. The second-order valence-electron chi connectivity index (χ2n) is 9.69. The molecule has 0 spiro atoms. The molecule has 0 saturated carbocycles. The van der Waals surface area contributed by atoms with Gasteiger partial charge in [-0.1, -0.05) is 61.4 Å². The second kappa shape index (κ2) is 17.7. The molecular formula is C30H41N5O3S2. The summed E-state index contributed by atoms with van der Waals surface area (Å²) in [7, 11) is 0. The molecule has 40 heavy (non-hydrogen) atoms. The van der Waals surface area contributed by atoms with Crippen LogP contribution in [0.25, 0.3) is 22.2 Å². The average Bonchev–Trinajstić information content (AvgIpc) is 3.32. The molecular weight excluding hydrogens is 542 g/mol. The number of hydrogen-bond acceptors (Lipinski definition) is 6. The monoisotopic (exact) mass is 583 g/mol. The molecule has 0 saturated heterocycles. The normalized spacial score (nSPS) is 11.1. The maximum atomic E-state index is 12.8. The number of para-hydroxylation sites is 1. The Morgan fingerprint density at radius 2 is 1.30 bits per heavy atom. The van der Waals surface area contributed by atoms with E-state index in [1.807, 2.05) is 36.4 Å². The third kappa shape index (κ3) is 10.6. The fourth-order valence-electron chi connectivity index (χ4n) is 4.59. The highest BCUT2D eigenvalue weighted by Gasteiger charge is 2.16. The van der Waals surface area contributed by atoms with Gasteiger partial charge < -0.3 is 20.9 Å². The smallest absolute Gasteiger partial charge is 0.234 e. The van der Waals surface area contributed by atoms with E-state index in [1.165, 1.54) is 0 Å². The van der Waals surface area contributed by atoms with Gasteiger partial charge in [-0.2, -0.15) is 25.3 Å². The molecule has 4 N–H and O–H groups in total. The SMILES string of the molecule is O=C(Cc1c(-c2ccccc2)[nH]c2ccccc12)NCCCCCCNC(=O)CN(CCS)CC(=O)NCCS. The number of hydrogen-bond donors (Lipinski definition) is 6. The van der Waals surface area contributed by atoms with Gasteiger partial charge >= 0.3 is 0 Å². The number of nitrogens with zero attached hydrogens (tertiary/aromatic N) is 1. The van der Waals surface area contributed by atoms with E-state index in [2.05, 4.69) is 64.4 Å². The lowest BCUT2D eigenvalue weighted by atomic mass is 10.0. The van der Waals surface area contributed by atoms with Crippen molar-refractivity contribution < 1.29 is 14.4 Å².